The van der Waals surface area contributed by atoms with E-state index in [-0.39, 0.29) is 29.7 Å². The molecule has 3 atom stereocenters. The van der Waals surface area contributed by atoms with Gasteiger partial charge in [0.2, 0.25) is 5.78 Å². The molecule has 1 saturated carbocycles. The van der Waals surface area contributed by atoms with Gasteiger partial charge in [-0.1, -0.05) is 0 Å². The van der Waals surface area contributed by atoms with E-state index in [1.54, 1.807) is 43.3 Å². The van der Waals surface area contributed by atoms with E-state index in [0.29, 0.717) is 22.7 Å². The van der Waals surface area contributed by atoms with Gasteiger partial charge >= 0.3 is 6.03 Å². The number of aliphatic hydroxyl groups is 3. The topological polar surface area (TPSA) is 212 Å². The number of benzene rings is 2. The average molecular weight is 579 g/mol. The number of Topliss-reactive ketones (excluding diaryl/α,β-unsaturated/α-hetero) is 2. The summed E-state index contributed by atoms with van der Waals surface area (Å²) in [6, 6.07) is 7.36. The van der Waals surface area contributed by atoms with Gasteiger partial charge in [0.15, 0.2) is 17.1 Å². The number of phenols is 1. The number of hydrogen-bond donors (Lipinski definition) is 7. The minimum absolute atomic E-state index is 0.0147. The van der Waals surface area contributed by atoms with Gasteiger partial charge in [-0.3, -0.25) is 14.4 Å². The van der Waals surface area contributed by atoms with Crippen molar-refractivity contribution in [1.29, 1.82) is 0 Å². The van der Waals surface area contributed by atoms with Gasteiger partial charge in [-0.15, -0.1) is 0 Å². The number of ether oxygens (including phenoxy) is 1. The van der Waals surface area contributed by atoms with Crippen molar-refractivity contribution in [3.63, 3.8) is 0 Å². The van der Waals surface area contributed by atoms with Gasteiger partial charge in [-0.05, 0) is 54.7 Å². The fourth-order valence-corrected chi connectivity index (χ4v) is 6.12. The highest BCUT2D eigenvalue weighted by atomic mass is 16.5. The lowest BCUT2D eigenvalue weighted by Gasteiger charge is -2.46. The first kappa shape index (κ1) is 28.5. The van der Waals surface area contributed by atoms with Crippen LogP contribution in [0.4, 0.5) is 21.9 Å². The van der Waals surface area contributed by atoms with Crippen LogP contribution in [0.1, 0.15) is 24.0 Å². The number of nitrogens with one attached hydrogen (secondary N) is 2. The highest BCUT2D eigenvalue weighted by Crippen LogP contribution is 2.54. The zero-order valence-electron chi connectivity index (χ0n) is 23.0. The van der Waals surface area contributed by atoms with E-state index >= 15 is 0 Å². The number of nitrogens with zero attached hydrogens (tertiary/aromatic N) is 1. The van der Waals surface area contributed by atoms with Crippen LogP contribution in [0.2, 0.25) is 0 Å². The number of hydrogen-bond acceptors (Lipinski definition) is 10. The third-order valence-corrected chi connectivity index (χ3v) is 8.12. The Kier molecular flexibility index (Phi) is 6.85. The second-order valence-electron chi connectivity index (χ2n) is 10.8. The number of anilines is 3. The molecular formula is C29H30N4O9. The number of urea groups is 1. The van der Waals surface area contributed by atoms with E-state index in [0.717, 1.165) is 0 Å². The largest absolute Gasteiger partial charge is 0.508 e. The van der Waals surface area contributed by atoms with Crippen LogP contribution in [0.5, 0.6) is 11.5 Å². The number of amides is 3. The van der Waals surface area contributed by atoms with Crippen molar-refractivity contribution >= 4 is 46.3 Å². The van der Waals surface area contributed by atoms with E-state index in [1.165, 1.54) is 13.2 Å². The van der Waals surface area contributed by atoms with E-state index in [9.17, 15) is 39.6 Å². The number of ketones is 2. The maximum atomic E-state index is 13.8. The first-order valence-electron chi connectivity index (χ1n) is 13.0. The van der Waals surface area contributed by atoms with Crippen molar-refractivity contribution in [2.45, 2.75) is 24.9 Å². The van der Waals surface area contributed by atoms with Crippen LogP contribution >= 0.6 is 0 Å². The van der Waals surface area contributed by atoms with Crippen LogP contribution in [-0.2, 0) is 20.8 Å². The lowest BCUT2D eigenvalue weighted by molar-refractivity contribution is -0.147. The average Bonchev–Trinajstić information content (AvgIpc) is 2.92. The molecule has 3 amide bonds. The van der Waals surface area contributed by atoms with E-state index in [4.69, 9.17) is 10.5 Å². The Hall–Kier alpha value is -5.04. The van der Waals surface area contributed by atoms with Gasteiger partial charge in [0.05, 0.1) is 18.4 Å². The summed E-state index contributed by atoms with van der Waals surface area (Å²) in [6.07, 6.45) is -0.255. The molecule has 3 aliphatic carbocycles. The minimum Gasteiger partial charge on any atom is -0.508 e. The molecule has 13 nitrogen and oxygen atoms in total. The lowest BCUT2D eigenvalue weighted by atomic mass is 9.59. The quantitative estimate of drug-likeness (QED) is 0.203. The Balaban J connectivity index is 1.57. The predicted molar refractivity (Wildman–Crippen MR) is 151 cm³/mol. The number of phenolic OH excluding ortho intramolecular Hbond substituents is 1. The van der Waals surface area contributed by atoms with Crippen LogP contribution in [0.25, 0.3) is 5.76 Å². The standard InChI is InChI=1S/C29H30N4O9/c1-33(2)18-11-17(32-28(40)31-14-4-6-15(42-3)7-5-14)23(35)21-16(18)9-12-8-13-10-19(34)22(27(30)39)26(38)29(13,41)25(37)20(12)24(21)36/h4-7,11-13,35-36,38,41H,8-10H2,1-3H3,(H2,30,39)(H2,31,32,40)/t12-,13+,29+/m1/s1. The van der Waals surface area contributed by atoms with Gasteiger partial charge in [0, 0.05) is 43.4 Å². The van der Waals surface area contributed by atoms with Crippen LogP contribution < -0.4 is 26.0 Å². The molecule has 2 aromatic rings. The zero-order chi connectivity index (χ0) is 30.7. The summed E-state index contributed by atoms with van der Waals surface area (Å²) in [4.78, 5) is 52.7. The summed E-state index contributed by atoms with van der Waals surface area (Å²) < 4.78 is 5.11. The SMILES string of the molecule is COc1ccc(NC(=O)Nc2cc(N(C)C)c3c(c2O)C(O)=C2C(=O)[C@]4(O)C(O)=C(C(N)=O)C(=O)C[C@@H]4C[C@@H]2C3)cc1. The Morgan fingerprint density at radius 1 is 1.07 bits per heavy atom. The van der Waals surface area contributed by atoms with Gasteiger partial charge in [-0.2, -0.15) is 0 Å². The van der Waals surface area contributed by atoms with Gasteiger partial charge in [0.25, 0.3) is 5.91 Å². The normalized spacial score (nSPS) is 23.0. The molecule has 42 heavy (non-hydrogen) atoms. The number of nitrogens with two attached hydrogens (primary N) is 1. The van der Waals surface area contributed by atoms with E-state index in [2.05, 4.69) is 10.6 Å². The van der Waals surface area contributed by atoms with E-state index < -0.39 is 70.2 Å². The maximum absolute atomic E-state index is 13.8. The summed E-state index contributed by atoms with van der Waals surface area (Å²) in [7, 11) is 4.96. The van der Waals surface area contributed by atoms with Crippen molar-refractivity contribution in [2.75, 3.05) is 36.7 Å². The summed E-state index contributed by atoms with van der Waals surface area (Å²) in [5.74, 6) is -6.65. The molecule has 0 heterocycles. The van der Waals surface area contributed by atoms with Gasteiger partial charge in [0.1, 0.15) is 22.8 Å². The first-order chi connectivity index (χ1) is 19.8. The smallest absolute Gasteiger partial charge is 0.323 e. The number of carbonyl (C=O) groups is 4. The highest BCUT2D eigenvalue weighted by Gasteiger charge is 2.60. The molecule has 0 aliphatic heterocycles. The molecule has 0 spiro atoms. The number of methoxy groups -OCH3 is 1. The molecule has 1 fully saturated rings. The van der Waals surface area contributed by atoms with Crippen molar-refractivity contribution in [1.82, 2.24) is 0 Å². The number of aliphatic hydroxyl groups excluding tert-OH is 2. The molecule has 2 aromatic carbocycles. The Morgan fingerprint density at radius 2 is 1.74 bits per heavy atom. The molecule has 0 saturated heterocycles. The molecule has 0 radical (unpaired) electrons. The molecule has 8 N–H and O–H groups in total. The second kappa shape index (κ2) is 10.1. The summed E-state index contributed by atoms with van der Waals surface area (Å²) in [6.45, 7) is 0. The fraction of sp³-hybridized carbons (Fsp3) is 0.310. The third-order valence-electron chi connectivity index (χ3n) is 8.12. The van der Waals surface area contributed by atoms with Crippen LogP contribution in [0.15, 0.2) is 47.2 Å². The summed E-state index contributed by atoms with van der Waals surface area (Å²) in [5, 5.41) is 50.1. The van der Waals surface area contributed by atoms with Crippen molar-refractivity contribution in [3.8, 4) is 11.5 Å². The maximum Gasteiger partial charge on any atom is 0.323 e. The monoisotopic (exact) mass is 578 g/mol. The fourth-order valence-electron chi connectivity index (χ4n) is 6.12. The minimum atomic E-state index is -2.66. The van der Waals surface area contributed by atoms with Gasteiger partial charge in [-0.25, -0.2) is 4.79 Å². The first-order valence-corrected chi connectivity index (χ1v) is 13.0. The predicted octanol–water partition coefficient (Wildman–Crippen LogP) is 2.14. The van der Waals surface area contributed by atoms with Crippen LogP contribution in [0, 0.1) is 11.8 Å². The Labute approximate surface area is 239 Å². The molecule has 0 bridgehead atoms. The van der Waals surface area contributed by atoms with Crippen molar-refractivity contribution < 1.29 is 44.3 Å². The van der Waals surface area contributed by atoms with Crippen LogP contribution in [-0.4, -0.2) is 70.7 Å². The van der Waals surface area contributed by atoms with Crippen LogP contribution in [0.3, 0.4) is 0 Å². The van der Waals surface area contributed by atoms with Crippen molar-refractivity contribution in [2.24, 2.45) is 17.6 Å². The third kappa shape index (κ3) is 4.29. The highest BCUT2D eigenvalue weighted by molar-refractivity contribution is 6.22. The molecule has 5 rings (SSSR count). The number of carbonyl (C=O) groups excluding carboxylic acids is 4. The number of rotatable bonds is 5. The molecule has 13 heteroatoms. The molecule has 220 valence electrons. The molecule has 0 aromatic heterocycles. The zero-order valence-corrected chi connectivity index (χ0v) is 23.0. The van der Waals surface area contributed by atoms with Crippen molar-refractivity contribution in [3.05, 3.63) is 58.4 Å². The summed E-state index contributed by atoms with van der Waals surface area (Å²) in [5.41, 5.74) is 2.68. The summed E-state index contributed by atoms with van der Waals surface area (Å²) >= 11 is 0. The van der Waals surface area contributed by atoms with Gasteiger partial charge < -0.3 is 46.4 Å². The molecule has 3 aliphatic rings. The number of primary amides is 1. The number of fused-ring (bicyclic) bond motifs is 3. The Morgan fingerprint density at radius 3 is 2.33 bits per heavy atom. The van der Waals surface area contributed by atoms with E-state index in [1.807, 2.05) is 0 Å². The molecule has 0 unspecified atom stereocenters. The lowest BCUT2D eigenvalue weighted by Crippen LogP contribution is -2.58. The molecular weight excluding hydrogens is 548 g/mol. The second-order valence-corrected chi connectivity index (χ2v) is 10.8. The Bertz CT molecular complexity index is 1610. The number of aromatic hydroxyl groups is 1.